The Kier molecular flexibility index (Phi) is 3.84. The predicted octanol–water partition coefficient (Wildman–Crippen LogP) is 2.25. The Labute approximate surface area is 185 Å². The molecule has 31 heavy (non-hydrogen) atoms. The van der Waals surface area contributed by atoms with Gasteiger partial charge in [0.05, 0.1) is 22.5 Å². The molecule has 1 aromatic heterocycles. The van der Waals surface area contributed by atoms with Gasteiger partial charge in [0.1, 0.15) is 7.11 Å². The van der Waals surface area contributed by atoms with Gasteiger partial charge in [-0.15, -0.1) is 0 Å². The number of ketones is 1. The molecular formula is C24H18BrN3O3. The van der Waals surface area contributed by atoms with Crippen molar-refractivity contribution < 1.29 is 14.4 Å². The number of aromatic nitrogens is 1. The van der Waals surface area contributed by atoms with Crippen LogP contribution in [0.25, 0.3) is 40.0 Å². The lowest BCUT2D eigenvalue weighted by atomic mass is 9.91. The molecule has 154 valence electrons. The highest BCUT2D eigenvalue weighted by molar-refractivity contribution is 9.09. The van der Waals surface area contributed by atoms with E-state index in [2.05, 4.69) is 22.0 Å². The van der Waals surface area contributed by atoms with Crippen LogP contribution in [0.5, 0.6) is 0 Å². The Morgan fingerprint density at radius 1 is 1.19 bits per heavy atom. The van der Waals surface area contributed by atoms with Gasteiger partial charge in [0.15, 0.2) is 5.78 Å². The fourth-order valence-electron chi connectivity index (χ4n) is 5.12. The van der Waals surface area contributed by atoms with Crippen LogP contribution in [0.4, 0.5) is 5.69 Å². The topological polar surface area (TPSA) is 63.9 Å². The molecule has 0 spiro atoms. The van der Waals surface area contributed by atoms with E-state index in [1.807, 2.05) is 18.5 Å². The van der Waals surface area contributed by atoms with Gasteiger partial charge in [-0.25, -0.2) is 0 Å². The van der Waals surface area contributed by atoms with Crippen LogP contribution in [0.15, 0.2) is 17.1 Å². The molecule has 2 aliphatic heterocycles. The van der Waals surface area contributed by atoms with Crippen LogP contribution in [0.3, 0.4) is 0 Å². The molecule has 0 unspecified atom stereocenters. The van der Waals surface area contributed by atoms with Gasteiger partial charge in [0.2, 0.25) is 0 Å². The average Bonchev–Trinajstić information content (AvgIpc) is 3.43. The van der Waals surface area contributed by atoms with Crippen molar-refractivity contribution in [3.8, 4) is 0 Å². The summed E-state index contributed by atoms with van der Waals surface area (Å²) in [6.45, 7) is 0. The number of aliphatic imine (C=N–C) groups is 1. The number of halogens is 1. The van der Waals surface area contributed by atoms with Crippen molar-refractivity contribution in [3.63, 3.8) is 0 Å². The number of fused-ring (bicyclic) bond motifs is 10. The fourth-order valence-corrected chi connectivity index (χ4v) is 5.55. The third kappa shape index (κ3) is 2.29. The summed E-state index contributed by atoms with van der Waals surface area (Å²) in [5.74, 6) is -0.0587. The molecule has 0 fully saturated rings. The number of carbonyl (C=O) groups excluding carboxylic acids is 2. The minimum absolute atomic E-state index is 0.0208. The zero-order chi connectivity index (χ0) is 21.4. The Balaban J connectivity index is 1.94. The van der Waals surface area contributed by atoms with Crippen LogP contribution in [0.1, 0.15) is 27.2 Å². The van der Waals surface area contributed by atoms with Gasteiger partial charge < -0.3 is 9.74 Å². The number of allylic oxidation sites excluding steroid dienone is 1. The summed E-state index contributed by atoms with van der Waals surface area (Å²) in [6.07, 6.45) is 10.2. The van der Waals surface area contributed by atoms with E-state index in [9.17, 15) is 9.59 Å². The lowest BCUT2D eigenvalue weighted by molar-refractivity contribution is -0.114. The predicted molar refractivity (Wildman–Crippen MR) is 126 cm³/mol. The van der Waals surface area contributed by atoms with Crippen LogP contribution in [-0.4, -0.2) is 47.0 Å². The van der Waals surface area contributed by atoms with Gasteiger partial charge >= 0.3 is 0 Å². The molecule has 1 aliphatic carbocycles. The molecule has 0 bridgehead atoms. The molecule has 3 heterocycles. The zero-order valence-corrected chi connectivity index (χ0v) is 18.6. The SMILES string of the molecule is COn1c2c(c3c4c(c5c6c(c(CCBr)cc5c31)=CC=N6)=CN(C)C4=O)CC(=O)C=C2. The summed E-state index contributed by atoms with van der Waals surface area (Å²) in [5, 5.41) is 5.52. The van der Waals surface area contributed by atoms with Crippen LogP contribution in [0.2, 0.25) is 0 Å². The third-order valence-corrected chi connectivity index (χ3v) is 6.76. The number of benzene rings is 2. The molecule has 0 atom stereocenters. The first-order chi connectivity index (χ1) is 15.0. The molecular weight excluding hydrogens is 458 g/mol. The zero-order valence-electron chi connectivity index (χ0n) is 17.0. The molecule has 0 saturated carbocycles. The van der Waals surface area contributed by atoms with E-state index in [-0.39, 0.29) is 18.1 Å². The van der Waals surface area contributed by atoms with Crippen molar-refractivity contribution in [1.29, 1.82) is 0 Å². The molecule has 6 nitrogen and oxygen atoms in total. The molecule has 0 radical (unpaired) electrons. The van der Waals surface area contributed by atoms with Crippen molar-refractivity contribution in [2.24, 2.45) is 4.99 Å². The summed E-state index contributed by atoms with van der Waals surface area (Å²) in [6, 6.07) is 2.19. The second kappa shape index (κ2) is 6.40. The number of aryl methyl sites for hydroxylation is 1. The lowest BCUT2D eigenvalue weighted by Crippen LogP contribution is -2.19. The summed E-state index contributed by atoms with van der Waals surface area (Å²) in [4.78, 5) is 37.7. The van der Waals surface area contributed by atoms with Crippen molar-refractivity contribution in [1.82, 2.24) is 9.63 Å². The Morgan fingerprint density at radius 2 is 2.03 bits per heavy atom. The minimum Gasteiger partial charge on any atom is -0.416 e. The molecule has 2 aromatic carbocycles. The number of amides is 1. The average molecular weight is 476 g/mol. The van der Waals surface area contributed by atoms with Gasteiger partial charge in [-0.05, 0) is 41.8 Å². The fraction of sp³-hybridized carbons (Fsp3) is 0.208. The number of alkyl halides is 1. The van der Waals surface area contributed by atoms with Crippen LogP contribution >= 0.6 is 15.9 Å². The summed E-state index contributed by atoms with van der Waals surface area (Å²) < 4.78 is 1.76. The summed E-state index contributed by atoms with van der Waals surface area (Å²) in [5.41, 5.74) is 5.17. The minimum atomic E-state index is -0.0794. The maximum Gasteiger partial charge on any atom is 0.258 e. The van der Waals surface area contributed by atoms with E-state index in [0.29, 0.717) is 5.56 Å². The number of carbonyl (C=O) groups is 2. The van der Waals surface area contributed by atoms with Crippen LogP contribution in [-0.2, 0) is 17.6 Å². The normalized spacial score (nSPS) is 16.0. The summed E-state index contributed by atoms with van der Waals surface area (Å²) in [7, 11) is 3.38. The Bertz CT molecular complexity index is 1560. The van der Waals surface area contributed by atoms with E-state index >= 15 is 0 Å². The van der Waals surface area contributed by atoms with Gasteiger partial charge in [0, 0.05) is 57.8 Å². The number of hydrogen-bond donors (Lipinski definition) is 0. The molecule has 0 saturated heterocycles. The number of rotatable bonds is 3. The molecule has 3 aromatic rings. The highest BCUT2D eigenvalue weighted by Crippen LogP contribution is 2.39. The first-order valence-corrected chi connectivity index (χ1v) is 11.2. The van der Waals surface area contributed by atoms with Crippen LogP contribution < -0.4 is 15.3 Å². The summed E-state index contributed by atoms with van der Waals surface area (Å²) >= 11 is 3.57. The highest BCUT2D eigenvalue weighted by Gasteiger charge is 2.33. The molecule has 0 N–H and O–H groups in total. The Hall–Kier alpha value is -3.19. The second-order valence-corrected chi connectivity index (χ2v) is 8.77. The smallest absolute Gasteiger partial charge is 0.258 e. The van der Waals surface area contributed by atoms with Gasteiger partial charge in [-0.1, -0.05) is 15.9 Å². The van der Waals surface area contributed by atoms with Crippen molar-refractivity contribution >= 4 is 79.5 Å². The second-order valence-electron chi connectivity index (χ2n) is 7.98. The molecule has 1 amide bonds. The maximum absolute atomic E-state index is 13.3. The molecule has 6 rings (SSSR count). The largest absolute Gasteiger partial charge is 0.416 e. The van der Waals surface area contributed by atoms with Crippen LogP contribution in [0, 0.1) is 0 Å². The van der Waals surface area contributed by atoms with Gasteiger partial charge in [0.25, 0.3) is 5.91 Å². The molecule has 3 aliphatic rings. The first kappa shape index (κ1) is 18.6. The van der Waals surface area contributed by atoms with Crippen molar-refractivity contribution in [3.05, 3.63) is 45.0 Å². The monoisotopic (exact) mass is 475 g/mol. The number of nitrogens with zero attached hydrogens (tertiary/aromatic N) is 3. The maximum atomic E-state index is 13.3. The van der Waals surface area contributed by atoms with Crippen molar-refractivity contribution in [2.75, 3.05) is 19.5 Å². The van der Waals surface area contributed by atoms with E-state index in [4.69, 9.17) is 9.83 Å². The standard InChI is InChI=1S/C24H18BrN3O3/c1-27-11-17-19-16(9-12(5-7-25)14-6-8-26-22(14)19)23-20(21(17)24(27)30)15-10-13(29)3-4-18(15)28(23)31-2/h3-4,6,8-9,11H,5,7,10H2,1-2H3. The third-order valence-electron chi connectivity index (χ3n) is 6.37. The van der Waals surface area contributed by atoms with Gasteiger partial charge in [-0.2, -0.15) is 4.73 Å². The highest BCUT2D eigenvalue weighted by atomic mass is 79.9. The van der Waals surface area contributed by atoms with Gasteiger partial charge in [-0.3, -0.25) is 14.6 Å². The quantitative estimate of drug-likeness (QED) is 0.545. The van der Waals surface area contributed by atoms with E-state index in [1.54, 1.807) is 35.9 Å². The van der Waals surface area contributed by atoms with E-state index in [1.165, 1.54) is 5.56 Å². The lowest BCUT2D eigenvalue weighted by Gasteiger charge is -2.13. The first-order valence-electron chi connectivity index (χ1n) is 10.1. The Morgan fingerprint density at radius 3 is 2.81 bits per heavy atom. The van der Waals surface area contributed by atoms with E-state index in [0.717, 1.165) is 60.8 Å². The van der Waals surface area contributed by atoms with E-state index < -0.39 is 0 Å². The number of hydrogen-bond acceptors (Lipinski definition) is 4. The van der Waals surface area contributed by atoms with Crippen molar-refractivity contribution in [2.45, 2.75) is 12.8 Å². The molecule has 7 heteroatoms.